The lowest BCUT2D eigenvalue weighted by Crippen LogP contribution is -2.07. The number of anilines is 3. The van der Waals surface area contributed by atoms with Crippen LogP contribution in [0.15, 0.2) is 65.4 Å². The van der Waals surface area contributed by atoms with Crippen LogP contribution in [0.4, 0.5) is 17.3 Å². The molecule has 0 aliphatic rings. The summed E-state index contributed by atoms with van der Waals surface area (Å²) in [6, 6.07) is 18.5. The second-order valence-electron chi connectivity index (χ2n) is 5.56. The maximum Gasteiger partial charge on any atom is 0.135 e. The molecule has 0 spiro atoms. The first-order valence-electron chi connectivity index (χ1n) is 7.84. The number of hydrogen-bond donors (Lipinski definition) is 2. The highest BCUT2D eigenvalue weighted by Gasteiger charge is 2.03. The van der Waals surface area contributed by atoms with E-state index in [9.17, 15) is 0 Å². The molecule has 2 aromatic carbocycles. The van der Waals surface area contributed by atoms with Crippen molar-refractivity contribution < 1.29 is 0 Å². The second kappa shape index (κ2) is 7.93. The van der Waals surface area contributed by atoms with Crippen molar-refractivity contribution in [3.05, 3.63) is 76.5 Å². The van der Waals surface area contributed by atoms with Gasteiger partial charge in [-0.3, -0.25) is 0 Å². The molecule has 122 valence electrons. The molecular weight excluding hydrogens is 364 g/mol. The highest BCUT2D eigenvalue weighted by atomic mass is 79.9. The van der Waals surface area contributed by atoms with Crippen molar-refractivity contribution in [2.45, 2.75) is 13.3 Å². The largest absolute Gasteiger partial charge is 0.370 e. The minimum absolute atomic E-state index is 0.761. The molecule has 3 rings (SSSR count). The second-order valence-corrected chi connectivity index (χ2v) is 6.41. The molecular formula is C19H19BrN4. The fourth-order valence-electron chi connectivity index (χ4n) is 2.36. The Balaban J connectivity index is 1.61. The Labute approximate surface area is 150 Å². The van der Waals surface area contributed by atoms with E-state index in [1.165, 1.54) is 11.1 Å². The summed E-state index contributed by atoms with van der Waals surface area (Å²) in [5.74, 6) is 1.57. The van der Waals surface area contributed by atoms with Gasteiger partial charge in [-0.25, -0.2) is 9.97 Å². The number of nitrogens with one attached hydrogen (secondary N) is 2. The fourth-order valence-corrected chi connectivity index (χ4v) is 2.95. The summed E-state index contributed by atoms with van der Waals surface area (Å²) in [5.41, 5.74) is 3.49. The maximum atomic E-state index is 4.28. The molecule has 1 aromatic heterocycles. The quantitative estimate of drug-likeness (QED) is 0.633. The van der Waals surface area contributed by atoms with E-state index in [0.717, 1.165) is 34.8 Å². The summed E-state index contributed by atoms with van der Waals surface area (Å²) >= 11 is 3.57. The van der Waals surface area contributed by atoms with Crippen molar-refractivity contribution in [2.24, 2.45) is 0 Å². The van der Waals surface area contributed by atoms with Gasteiger partial charge >= 0.3 is 0 Å². The lowest BCUT2D eigenvalue weighted by atomic mass is 10.1. The van der Waals surface area contributed by atoms with Crippen LogP contribution >= 0.6 is 15.9 Å². The molecule has 0 aliphatic carbocycles. The monoisotopic (exact) mass is 382 g/mol. The number of hydrogen-bond acceptors (Lipinski definition) is 4. The van der Waals surface area contributed by atoms with Crippen LogP contribution in [-0.2, 0) is 6.42 Å². The van der Waals surface area contributed by atoms with E-state index in [1.807, 2.05) is 18.2 Å². The minimum Gasteiger partial charge on any atom is -0.370 e. The first-order chi connectivity index (χ1) is 11.7. The molecule has 0 radical (unpaired) electrons. The van der Waals surface area contributed by atoms with Crippen molar-refractivity contribution in [3.63, 3.8) is 0 Å². The number of aryl methyl sites for hydroxylation is 1. The Kier molecular flexibility index (Phi) is 5.43. The van der Waals surface area contributed by atoms with E-state index >= 15 is 0 Å². The Morgan fingerprint density at radius 2 is 1.75 bits per heavy atom. The lowest BCUT2D eigenvalue weighted by Gasteiger charge is -2.10. The molecule has 2 N–H and O–H groups in total. The number of nitrogens with zero attached hydrogens (tertiary/aromatic N) is 2. The normalized spacial score (nSPS) is 10.4. The van der Waals surface area contributed by atoms with Gasteiger partial charge in [0.15, 0.2) is 0 Å². The Bertz CT molecular complexity index is 805. The third-order valence-electron chi connectivity index (χ3n) is 3.62. The highest BCUT2D eigenvalue weighted by molar-refractivity contribution is 9.10. The van der Waals surface area contributed by atoms with Crippen LogP contribution in [0.3, 0.4) is 0 Å². The van der Waals surface area contributed by atoms with Crippen molar-refractivity contribution in [3.8, 4) is 0 Å². The summed E-state index contributed by atoms with van der Waals surface area (Å²) in [6.45, 7) is 2.89. The molecule has 3 aromatic rings. The molecule has 0 unspecified atom stereocenters. The van der Waals surface area contributed by atoms with Crippen LogP contribution in [0.2, 0.25) is 0 Å². The molecule has 0 amide bonds. The molecule has 0 saturated heterocycles. The van der Waals surface area contributed by atoms with Crippen molar-refractivity contribution in [1.29, 1.82) is 0 Å². The van der Waals surface area contributed by atoms with Crippen LogP contribution < -0.4 is 10.6 Å². The standard InChI is InChI=1S/C19H19BrN4/c1-14-7-8-17(16(20)11-14)24-19-12-18(22-13-23-19)21-10-9-15-5-3-2-4-6-15/h2-8,11-13H,9-10H2,1H3,(H2,21,22,23,24). The third-order valence-corrected chi connectivity index (χ3v) is 4.27. The van der Waals surface area contributed by atoms with Crippen LogP contribution in [0.1, 0.15) is 11.1 Å². The molecule has 0 atom stereocenters. The molecule has 0 aliphatic heterocycles. The van der Waals surface area contributed by atoms with Gasteiger partial charge in [0.25, 0.3) is 0 Å². The smallest absolute Gasteiger partial charge is 0.135 e. The van der Waals surface area contributed by atoms with E-state index in [-0.39, 0.29) is 0 Å². The summed E-state index contributed by atoms with van der Waals surface area (Å²) in [7, 11) is 0. The van der Waals surface area contributed by atoms with Gasteiger partial charge in [0, 0.05) is 17.1 Å². The van der Waals surface area contributed by atoms with E-state index < -0.39 is 0 Å². The van der Waals surface area contributed by atoms with Gasteiger partial charge in [-0.15, -0.1) is 0 Å². The fraction of sp³-hybridized carbons (Fsp3) is 0.158. The van der Waals surface area contributed by atoms with E-state index in [0.29, 0.717) is 0 Å². The summed E-state index contributed by atoms with van der Waals surface area (Å²) in [4.78, 5) is 8.56. The summed E-state index contributed by atoms with van der Waals surface area (Å²) < 4.78 is 1.01. The molecule has 0 saturated carbocycles. The SMILES string of the molecule is Cc1ccc(Nc2cc(NCCc3ccccc3)ncn2)c(Br)c1. The van der Waals surface area contributed by atoms with Crippen LogP contribution in [-0.4, -0.2) is 16.5 Å². The van der Waals surface area contributed by atoms with Gasteiger partial charge in [-0.1, -0.05) is 36.4 Å². The van der Waals surface area contributed by atoms with Gasteiger partial charge in [-0.2, -0.15) is 0 Å². The molecule has 0 bridgehead atoms. The zero-order valence-corrected chi connectivity index (χ0v) is 15.0. The van der Waals surface area contributed by atoms with Gasteiger partial charge in [0.1, 0.15) is 18.0 Å². The molecule has 4 nitrogen and oxygen atoms in total. The van der Waals surface area contributed by atoms with Crippen molar-refractivity contribution in [1.82, 2.24) is 9.97 Å². The predicted octanol–water partition coefficient (Wildman–Crippen LogP) is 4.95. The zero-order valence-electron chi connectivity index (χ0n) is 13.5. The van der Waals surface area contributed by atoms with Gasteiger partial charge in [-0.05, 0) is 52.5 Å². The Morgan fingerprint density at radius 3 is 2.54 bits per heavy atom. The zero-order chi connectivity index (χ0) is 16.8. The van der Waals surface area contributed by atoms with Gasteiger partial charge < -0.3 is 10.6 Å². The summed E-state index contributed by atoms with van der Waals surface area (Å²) in [6.07, 6.45) is 2.52. The predicted molar refractivity (Wildman–Crippen MR) is 103 cm³/mol. The first-order valence-corrected chi connectivity index (χ1v) is 8.63. The average molecular weight is 383 g/mol. The van der Waals surface area contributed by atoms with Crippen molar-refractivity contribution >= 4 is 33.3 Å². The molecule has 1 heterocycles. The maximum absolute atomic E-state index is 4.28. The number of rotatable bonds is 6. The van der Waals surface area contributed by atoms with Crippen LogP contribution in [0, 0.1) is 6.92 Å². The van der Waals surface area contributed by atoms with Crippen LogP contribution in [0.25, 0.3) is 0 Å². The molecule has 0 fully saturated rings. The highest BCUT2D eigenvalue weighted by Crippen LogP contribution is 2.26. The first kappa shape index (κ1) is 16.5. The van der Waals surface area contributed by atoms with Crippen molar-refractivity contribution in [2.75, 3.05) is 17.2 Å². The van der Waals surface area contributed by atoms with E-state index in [2.05, 4.69) is 79.9 Å². The lowest BCUT2D eigenvalue weighted by molar-refractivity contribution is 1.000. The van der Waals surface area contributed by atoms with Gasteiger partial charge in [0.05, 0.1) is 5.69 Å². The number of halogens is 1. The third kappa shape index (κ3) is 4.55. The Hall–Kier alpha value is -2.40. The van der Waals surface area contributed by atoms with Crippen LogP contribution in [0.5, 0.6) is 0 Å². The minimum atomic E-state index is 0.761. The molecule has 5 heteroatoms. The number of benzene rings is 2. The van der Waals surface area contributed by atoms with E-state index in [1.54, 1.807) is 6.33 Å². The van der Waals surface area contributed by atoms with Gasteiger partial charge in [0.2, 0.25) is 0 Å². The van der Waals surface area contributed by atoms with E-state index in [4.69, 9.17) is 0 Å². The summed E-state index contributed by atoms with van der Waals surface area (Å²) in [5, 5.41) is 6.65. The Morgan fingerprint density at radius 1 is 0.958 bits per heavy atom. The molecule has 24 heavy (non-hydrogen) atoms. The average Bonchev–Trinajstić information content (AvgIpc) is 2.59. The number of aromatic nitrogens is 2. The topological polar surface area (TPSA) is 49.8 Å².